The molecule has 1 amide bonds. The number of carbonyl (C=O) groups excluding carboxylic acids is 1. The molecule has 1 fully saturated rings. The Hall–Kier alpha value is -1.08. The summed E-state index contributed by atoms with van der Waals surface area (Å²) in [6, 6.07) is 2.28. The number of hydrogen-bond acceptors (Lipinski definition) is 3. The molecule has 1 unspecified atom stereocenters. The van der Waals surface area contributed by atoms with Crippen molar-refractivity contribution in [1.29, 1.82) is 5.26 Å². The van der Waals surface area contributed by atoms with E-state index in [0.29, 0.717) is 25.3 Å². The van der Waals surface area contributed by atoms with Gasteiger partial charge in [-0.1, -0.05) is 26.7 Å². The molecule has 19 heavy (non-hydrogen) atoms. The fourth-order valence-electron chi connectivity index (χ4n) is 2.97. The van der Waals surface area contributed by atoms with Crippen molar-refractivity contribution in [2.75, 3.05) is 26.7 Å². The summed E-state index contributed by atoms with van der Waals surface area (Å²) < 4.78 is 0. The van der Waals surface area contributed by atoms with E-state index >= 15 is 0 Å². The van der Waals surface area contributed by atoms with Gasteiger partial charge >= 0.3 is 0 Å². The molecule has 4 heteroatoms. The molecule has 108 valence electrons. The summed E-state index contributed by atoms with van der Waals surface area (Å²) in [7, 11) is 2.11. The van der Waals surface area contributed by atoms with Crippen molar-refractivity contribution in [3.05, 3.63) is 0 Å². The van der Waals surface area contributed by atoms with Crippen LogP contribution in [0.1, 0.15) is 46.0 Å². The lowest BCUT2D eigenvalue weighted by Gasteiger charge is -2.25. The first kappa shape index (κ1) is 16.0. The van der Waals surface area contributed by atoms with Gasteiger partial charge in [-0.25, -0.2) is 0 Å². The lowest BCUT2D eigenvalue weighted by atomic mass is 9.79. The molecule has 0 radical (unpaired) electrons. The second-order valence-electron chi connectivity index (χ2n) is 5.82. The van der Waals surface area contributed by atoms with E-state index in [9.17, 15) is 10.1 Å². The summed E-state index contributed by atoms with van der Waals surface area (Å²) in [6.07, 6.45) is 4.19. The number of hydrogen-bond donors (Lipinski definition) is 1. The molecule has 1 aliphatic rings. The SMILES string of the molecule is CCCC(C#N)(CCC)C(=O)NCC1CCN(C)C1. The molecule has 1 aliphatic heterocycles. The van der Waals surface area contributed by atoms with Crippen LogP contribution >= 0.6 is 0 Å². The molecule has 0 aliphatic carbocycles. The van der Waals surface area contributed by atoms with Gasteiger partial charge in [0.15, 0.2) is 0 Å². The quantitative estimate of drug-likeness (QED) is 0.767. The lowest BCUT2D eigenvalue weighted by Crippen LogP contribution is -2.42. The average molecular weight is 265 g/mol. The zero-order valence-corrected chi connectivity index (χ0v) is 12.5. The highest BCUT2D eigenvalue weighted by atomic mass is 16.2. The third-order valence-electron chi connectivity index (χ3n) is 4.04. The monoisotopic (exact) mass is 265 g/mol. The first-order chi connectivity index (χ1) is 9.07. The largest absolute Gasteiger partial charge is 0.354 e. The standard InChI is InChI=1S/C15H27N3O/c1-4-7-15(12-16,8-5-2)14(19)17-10-13-6-9-18(3)11-13/h13H,4-11H2,1-3H3,(H,17,19). The Morgan fingerprint density at radius 3 is 2.47 bits per heavy atom. The normalized spacial score (nSPS) is 20.2. The molecule has 0 bridgehead atoms. The smallest absolute Gasteiger partial charge is 0.240 e. The van der Waals surface area contributed by atoms with Crippen LogP contribution in [-0.4, -0.2) is 37.5 Å². The van der Waals surface area contributed by atoms with Crippen LogP contribution in [0.25, 0.3) is 0 Å². The van der Waals surface area contributed by atoms with Crippen LogP contribution in [0.3, 0.4) is 0 Å². The summed E-state index contributed by atoms with van der Waals surface area (Å²) >= 11 is 0. The van der Waals surface area contributed by atoms with E-state index in [4.69, 9.17) is 0 Å². The fraction of sp³-hybridized carbons (Fsp3) is 0.867. The van der Waals surface area contributed by atoms with Crippen LogP contribution in [0.2, 0.25) is 0 Å². The summed E-state index contributed by atoms with van der Waals surface area (Å²) in [5.74, 6) is 0.474. The van der Waals surface area contributed by atoms with E-state index < -0.39 is 5.41 Å². The number of carbonyl (C=O) groups is 1. The van der Waals surface area contributed by atoms with Crippen LogP contribution in [0.15, 0.2) is 0 Å². The minimum Gasteiger partial charge on any atom is -0.354 e. The van der Waals surface area contributed by atoms with Gasteiger partial charge in [0.25, 0.3) is 0 Å². The highest BCUT2D eigenvalue weighted by molar-refractivity contribution is 5.85. The number of nitriles is 1. The molecule has 1 N–H and O–H groups in total. The van der Waals surface area contributed by atoms with E-state index in [0.717, 1.165) is 32.4 Å². The van der Waals surface area contributed by atoms with Crippen LogP contribution in [-0.2, 0) is 4.79 Å². The lowest BCUT2D eigenvalue weighted by molar-refractivity contribution is -0.129. The van der Waals surface area contributed by atoms with E-state index in [1.54, 1.807) is 0 Å². The van der Waals surface area contributed by atoms with Gasteiger partial charge in [0.05, 0.1) is 6.07 Å². The van der Waals surface area contributed by atoms with E-state index in [2.05, 4.69) is 23.3 Å². The molecule has 0 spiro atoms. The van der Waals surface area contributed by atoms with Gasteiger partial charge < -0.3 is 10.2 Å². The number of amides is 1. The number of nitrogens with zero attached hydrogens (tertiary/aromatic N) is 2. The van der Waals surface area contributed by atoms with Crippen molar-refractivity contribution in [2.45, 2.75) is 46.0 Å². The molecule has 1 atom stereocenters. The second-order valence-corrected chi connectivity index (χ2v) is 5.82. The van der Waals surface area contributed by atoms with Gasteiger partial charge in [0.2, 0.25) is 5.91 Å². The Kier molecular flexibility index (Phi) is 6.30. The van der Waals surface area contributed by atoms with Crippen molar-refractivity contribution in [2.24, 2.45) is 11.3 Å². The molecule has 0 saturated carbocycles. The van der Waals surface area contributed by atoms with Crippen molar-refractivity contribution in [3.63, 3.8) is 0 Å². The maximum Gasteiger partial charge on any atom is 0.240 e. The minimum absolute atomic E-state index is 0.0618. The van der Waals surface area contributed by atoms with Gasteiger partial charge in [-0.15, -0.1) is 0 Å². The van der Waals surface area contributed by atoms with E-state index in [1.165, 1.54) is 0 Å². The maximum atomic E-state index is 12.4. The van der Waals surface area contributed by atoms with Crippen molar-refractivity contribution in [1.82, 2.24) is 10.2 Å². The molecule has 1 saturated heterocycles. The summed E-state index contributed by atoms with van der Waals surface area (Å²) in [4.78, 5) is 14.7. The van der Waals surface area contributed by atoms with Crippen LogP contribution < -0.4 is 5.32 Å². The topological polar surface area (TPSA) is 56.1 Å². The van der Waals surface area contributed by atoms with Crippen LogP contribution in [0.5, 0.6) is 0 Å². The van der Waals surface area contributed by atoms with Crippen molar-refractivity contribution in [3.8, 4) is 6.07 Å². The summed E-state index contributed by atoms with van der Waals surface area (Å²) in [5.41, 5.74) is -0.812. The Labute approximate surface area is 117 Å². The Morgan fingerprint density at radius 1 is 1.42 bits per heavy atom. The van der Waals surface area contributed by atoms with Gasteiger partial charge in [-0.05, 0) is 38.8 Å². The molecule has 0 aromatic heterocycles. The number of nitrogens with one attached hydrogen (secondary N) is 1. The van der Waals surface area contributed by atoms with Crippen LogP contribution in [0, 0.1) is 22.7 Å². The Balaban J connectivity index is 2.54. The molecular formula is C15H27N3O. The fourth-order valence-corrected chi connectivity index (χ4v) is 2.97. The average Bonchev–Trinajstić information content (AvgIpc) is 2.81. The summed E-state index contributed by atoms with van der Waals surface area (Å²) in [5, 5.41) is 12.4. The van der Waals surface area contributed by atoms with Crippen LogP contribution in [0.4, 0.5) is 0 Å². The molecule has 4 nitrogen and oxygen atoms in total. The predicted molar refractivity (Wildman–Crippen MR) is 76.5 cm³/mol. The first-order valence-corrected chi connectivity index (χ1v) is 7.46. The Bertz CT molecular complexity index is 329. The maximum absolute atomic E-state index is 12.4. The predicted octanol–water partition coefficient (Wildman–Crippen LogP) is 2.16. The zero-order chi connectivity index (χ0) is 14.3. The van der Waals surface area contributed by atoms with Crippen molar-refractivity contribution < 1.29 is 4.79 Å². The van der Waals surface area contributed by atoms with Gasteiger partial charge in [0, 0.05) is 13.1 Å². The first-order valence-electron chi connectivity index (χ1n) is 7.46. The third kappa shape index (κ3) is 4.21. The molecular weight excluding hydrogens is 238 g/mol. The molecule has 1 heterocycles. The summed E-state index contributed by atoms with van der Waals surface area (Å²) in [6.45, 7) is 6.91. The second kappa shape index (κ2) is 7.49. The zero-order valence-electron chi connectivity index (χ0n) is 12.5. The van der Waals surface area contributed by atoms with Gasteiger partial charge in [-0.3, -0.25) is 4.79 Å². The van der Waals surface area contributed by atoms with Gasteiger partial charge in [0.1, 0.15) is 5.41 Å². The number of likely N-dealkylation sites (tertiary alicyclic amines) is 1. The molecule has 1 rings (SSSR count). The number of rotatable bonds is 7. The van der Waals surface area contributed by atoms with E-state index in [1.807, 2.05) is 13.8 Å². The van der Waals surface area contributed by atoms with Gasteiger partial charge in [-0.2, -0.15) is 5.26 Å². The molecule has 0 aromatic carbocycles. The van der Waals surface area contributed by atoms with E-state index in [-0.39, 0.29) is 5.91 Å². The van der Waals surface area contributed by atoms with Crippen molar-refractivity contribution >= 4 is 5.91 Å². The highest BCUT2D eigenvalue weighted by Crippen LogP contribution is 2.29. The minimum atomic E-state index is -0.812. The highest BCUT2D eigenvalue weighted by Gasteiger charge is 2.37. The third-order valence-corrected chi connectivity index (χ3v) is 4.04. The Morgan fingerprint density at radius 2 is 2.05 bits per heavy atom. The molecule has 0 aromatic rings.